The topological polar surface area (TPSA) is 61.4 Å². The van der Waals surface area contributed by atoms with Crippen LogP contribution < -0.4 is 10.6 Å². The molecule has 4 heteroatoms. The molecule has 0 bridgehead atoms. The van der Waals surface area contributed by atoms with E-state index in [9.17, 15) is 4.79 Å². The fraction of sp³-hybridized carbons (Fsp3) is 0.857. The van der Waals surface area contributed by atoms with Crippen LogP contribution in [-0.2, 0) is 4.79 Å². The molecule has 0 unspecified atom stereocenters. The summed E-state index contributed by atoms with van der Waals surface area (Å²) in [5.74, 6) is -0.00559. The third-order valence-electron chi connectivity index (χ3n) is 1.19. The fourth-order valence-corrected chi connectivity index (χ4v) is 0.656. The van der Waals surface area contributed by atoms with Gasteiger partial charge in [0.05, 0.1) is 0 Å². The van der Waals surface area contributed by atoms with Crippen LogP contribution in [0.4, 0.5) is 0 Å². The van der Waals surface area contributed by atoms with Crippen molar-refractivity contribution in [3.63, 3.8) is 0 Å². The number of aliphatic hydroxyl groups is 1. The van der Waals surface area contributed by atoms with Gasteiger partial charge in [0.2, 0.25) is 5.91 Å². The second-order valence-electron chi connectivity index (χ2n) is 2.31. The molecule has 0 spiro atoms. The lowest BCUT2D eigenvalue weighted by molar-refractivity contribution is -0.118. The standard InChI is InChI=1S/C7H16N2O2/c1-7(11)9-5-4-8-3-2-6-10/h8,10H,2-6H2,1H3,(H,9,11). The number of nitrogens with one attached hydrogen (secondary N) is 2. The molecule has 0 aromatic rings. The van der Waals surface area contributed by atoms with Crippen LogP contribution >= 0.6 is 0 Å². The molecule has 3 N–H and O–H groups in total. The maximum atomic E-state index is 10.4. The summed E-state index contributed by atoms with van der Waals surface area (Å²) in [5, 5.41) is 14.1. The van der Waals surface area contributed by atoms with Crippen LogP contribution in [-0.4, -0.2) is 37.3 Å². The molecule has 0 atom stereocenters. The number of aliphatic hydroxyl groups excluding tert-OH is 1. The van der Waals surface area contributed by atoms with Gasteiger partial charge in [0.1, 0.15) is 0 Å². The average molecular weight is 160 g/mol. The zero-order valence-electron chi connectivity index (χ0n) is 6.89. The molecule has 0 aromatic heterocycles. The van der Waals surface area contributed by atoms with Gasteiger partial charge in [-0.15, -0.1) is 0 Å². The van der Waals surface area contributed by atoms with Crippen LogP contribution in [0.2, 0.25) is 0 Å². The van der Waals surface area contributed by atoms with Crippen LogP contribution in [0.25, 0.3) is 0 Å². The monoisotopic (exact) mass is 160 g/mol. The molecule has 0 radical (unpaired) electrons. The summed E-state index contributed by atoms with van der Waals surface area (Å²) in [5.41, 5.74) is 0. The van der Waals surface area contributed by atoms with E-state index in [4.69, 9.17) is 5.11 Å². The van der Waals surface area contributed by atoms with Crippen molar-refractivity contribution in [1.82, 2.24) is 10.6 Å². The average Bonchev–Trinajstić information content (AvgIpc) is 1.96. The molecule has 0 saturated heterocycles. The number of hydrogen-bond donors (Lipinski definition) is 3. The molecule has 11 heavy (non-hydrogen) atoms. The van der Waals surface area contributed by atoms with E-state index in [1.54, 1.807) is 0 Å². The molecule has 0 saturated carbocycles. The van der Waals surface area contributed by atoms with Gasteiger partial charge in [-0.25, -0.2) is 0 Å². The molecule has 0 rings (SSSR count). The Morgan fingerprint density at radius 1 is 1.36 bits per heavy atom. The normalized spacial score (nSPS) is 9.64. The lowest BCUT2D eigenvalue weighted by Crippen LogP contribution is -2.30. The third kappa shape index (κ3) is 9.39. The summed E-state index contributed by atoms with van der Waals surface area (Å²) in [6, 6.07) is 0. The third-order valence-corrected chi connectivity index (χ3v) is 1.19. The molecule has 0 fully saturated rings. The Hall–Kier alpha value is -0.610. The Morgan fingerprint density at radius 3 is 2.64 bits per heavy atom. The fourth-order valence-electron chi connectivity index (χ4n) is 0.656. The molecule has 4 nitrogen and oxygen atoms in total. The predicted molar refractivity (Wildman–Crippen MR) is 43.3 cm³/mol. The number of hydrogen-bond acceptors (Lipinski definition) is 3. The van der Waals surface area contributed by atoms with Gasteiger partial charge >= 0.3 is 0 Å². The molecule has 0 aliphatic heterocycles. The Bertz CT molecular complexity index is 107. The Morgan fingerprint density at radius 2 is 2.09 bits per heavy atom. The van der Waals surface area contributed by atoms with Crippen molar-refractivity contribution in [2.75, 3.05) is 26.2 Å². The molecule has 0 aliphatic rings. The Balaban J connectivity index is 2.85. The number of carbonyl (C=O) groups is 1. The SMILES string of the molecule is CC(=O)NCCNCCCO. The van der Waals surface area contributed by atoms with Gasteiger partial charge in [-0.2, -0.15) is 0 Å². The summed E-state index contributed by atoms with van der Waals surface area (Å²) < 4.78 is 0. The Labute approximate surface area is 67.0 Å². The predicted octanol–water partition coefficient (Wildman–Crippen LogP) is -0.905. The van der Waals surface area contributed by atoms with Crippen LogP contribution in [0.3, 0.4) is 0 Å². The summed E-state index contributed by atoms with van der Waals surface area (Å²) in [6.07, 6.45) is 0.764. The van der Waals surface area contributed by atoms with Gasteiger partial charge in [0, 0.05) is 26.6 Å². The van der Waals surface area contributed by atoms with Gasteiger partial charge < -0.3 is 15.7 Å². The number of amides is 1. The lowest BCUT2D eigenvalue weighted by atomic mass is 10.4. The lowest BCUT2D eigenvalue weighted by Gasteiger charge is -2.03. The van der Waals surface area contributed by atoms with E-state index in [1.165, 1.54) is 6.92 Å². The summed E-state index contributed by atoms with van der Waals surface area (Å²) in [7, 11) is 0. The van der Waals surface area contributed by atoms with E-state index in [-0.39, 0.29) is 12.5 Å². The maximum Gasteiger partial charge on any atom is 0.216 e. The van der Waals surface area contributed by atoms with Gasteiger partial charge in [-0.1, -0.05) is 0 Å². The van der Waals surface area contributed by atoms with Crippen LogP contribution in [0, 0.1) is 0 Å². The van der Waals surface area contributed by atoms with E-state index in [0.717, 1.165) is 19.5 Å². The largest absolute Gasteiger partial charge is 0.396 e. The highest BCUT2D eigenvalue weighted by molar-refractivity contribution is 5.72. The van der Waals surface area contributed by atoms with E-state index < -0.39 is 0 Å². The van der Waals surface area contributed by atoms with Crippen molar-refractivity contribution in [2.45, 2.75) is 13.3 Å². The van der Waals surface area contributed by atoms with Crippen molar-refractivity contribution >= 4 is 5.91 Å². The van der Waals surface area contributed by atoms with Crippen LogP contribution in [0.5, 0.6) is 0 Å². The molecule has 0 aliphatic carbocycles. The van der Waals surface area contributed by atoms with Crippen molar-refractivity contribution in [2.24, 2.45) is 0 Å². The zero-order valence-corrected chi connectivity index (χ0v) is 6.89. The van der Waals surface area contributed by atoms with E-state index in [0.29, 0.717) is 6.54 Å². The van der Waals surface area contributed by atoms with Crippen molar-refractivity contribution in [1.29, 1.82) is 0 Å². The second kappa shape index (κ2) is 7.50. The quantitative estimate of drug-likeness (QED) is 0.441. The first-order valence-electron chi connectivity index (χ1n) is 3.83. The van der Waals surface area contributed by atoms with Crippen molar-refractivity contribution < 1.29 is 9.90 Å². The van der Waals surface area contributed by atoms with E-state index in [2.05, 4.69) is 10.6 Å². The highest BCUT2D eigenvalue weighted by Gasteiger charge is 1.89. The zero-order chi connectivity index (χ0) is 8.53. The molecule has 66 valence electrons. The maximum absolute atomic E-state index is 10.4. The molecule has 1 amide bonds. The summed E-state index contributed by atoms with van der Waals surface area (Å²) in [4.78, 5) is 10.4. The molecule has 0 aromatic carbocycles. The Kier molecular flexibility index (Phi) is 7.08. The number of carbonyl (C=O) groups excluding carboxylic acids is 1. The number of rotatable bonds is 6. The second-order valence-corrected chi connectivity index (χ2v) is 2.31. The van der Waals surface area contributed by atoms with Crippen LogP contribution in [0.1, 0.15) is 13.3 Å². The first-order valence-corrected chi connectivity index (χ1v) is 3.83. The minimum Gasteiger partial charge on any atom is -0.396 e. The minimum atomic E-state index is -0.00559. The van der Waals surface area contributed by atoms with Crippen molar-refractivity contribution in [3.8, 4) is 0 Å². The van der Waals surface area contributed by atoms with Gasteiger partial charge in [0.25, 0.3) is 0 Å². The van der Waals surface area contributed by atoms with E-state index in [1.807, 2.05) is 0 Å². The molecular weight excluding hydrogens is 144 g/mol. The molecular formula is C7H16N2O2. The first kappa shape index (κ1) is 10.4. The highest BCUT2D eigenvalue weighted by Crippen LogP contribution is 1.70. The minimum absolute atomic E-state index is 0.00559. The highest BCUT2D eigenvalue weighted by atomic mass is 16.3. The molecule has 0 heterocycles. The van der Waals surface area contributed by atoms with Gasteiger partial charge in [-0.05, 0) is 13.0 Å². The summed E-state index contributed by atoms with van der Waals surface area (Å²) >= 11 is 0. The smallest absolute Gasteiger partial charge is 0.216 e. The van der Waals surface area contributed by atoms with Crippen molar-refractivity contribution in [3.05, 3.63) is 0 Å². The summed E-state index contributed by atoms with van der Waals surface area (Å²) in [6.45, 7) is 3.93. The van der Waals surface area contributed by atoms with Gasteiger partial charge in [-0.3, -0.25) is 4.79 Å². The van der Waals surface area contributed by atoms with Crippen LogP contribution in [0.15, 0.2) is 0 Å². The first-order chi connectivity index (χ1) is 5.27. The van der Waals surface area contributed by atoms with Gasteiger partial charge in [0.15, 0.2) is 0 Å². The van der Waals surface area contributed by atoms with E-state index >= 15 is 0 Å².